The van der Waals surface area contributed by atoms with Crippen molar-refractivity contribution in [1.29, 1.82) is 0 Å². The fourth-order valence-electron chi connectivity index (χ4n) is 1.70. The molecule has 1 aromatic carbocycles. The van der Waals surface area contributed by atoms with Gasteiger partial charge in [0, 0.05) is 6.54 Å². The van der Waals surface area contributed by atoms with Gasteiger partial charge < -0.3 is 10.5 Å². The van der Waals surface area contributed by atoms with Gasteiger partial charge in [-0.05, 0) is 38.4 Å². The number of ether oxygens (including phenoxy) is 1. The largest absolute Gasteiger partial charge is 0.465 e. The first kappa shape index (κ1) is 16.6. The van der Waals surface area contributed by atoms with Gasteiger partial charge in [-0.1, -0.05) is 11.6 Å². The number of rotatable bonds is 7. The molecule has 0 heterocycles. The van der Waals surface area contributed by atoms with Crippen molar-refractivity contribution in [3.05, 3.63) is 29.3 Å². The Hall–Kier alpha value is -1.44. The predicted molar refractivity (Wildman–Crippen MR) is 76.0 cm³/mol. The highest BCUT2D eigenvalue weighted by Crippen LogP contribution is 2.18. The number of nitrogens with one attached hydrogen (secondary N) is 1. The van der Waals surface area contributed by atoms with E-state index >= 15 is 0 Å². The smallest absolute Gasteiger partial charge is 0.339 e. The Kier molecular flexibility index (Phi) is 6.12. The van der Waals surface area contributed by atoms with Crippen LogP contribution in [0.5, 0.6) is 0 Å². The molecule has 0 aliphatic rings. The lowest BCUT2D eigenvalue weighted by molar-refractivity contribution is 0.0596. The molecule has 0 saturated heterocycles. The van der Waals surface area contributed by atoms with E-state index in [4.69, 9.17) is 5.73 Å². The maximum atomic E-state index is 12.2. The lowest BCUT2D eigenvalue weighted by Gasteiger charge is -2.11. The van der Waals surface area contributed by atoms with Crippen molar-refractivity contribution in [3.63, 3.8) is 0 Å². The summed E-state index contributed by atoms with van der Waals surface area (Å²) in [7, 11) is -2.52. The van der Waals surface area contributed by atoms with Crippen LogP contribution in [0.25, 0.3) is 0 Å². The molecular weight excluding hydrogens is 280 g/mol. The van der Waals surface area contributed by atoms with Crippen molar-refractivity contribution in [3.8, 4) is 0 Å². The van der Waals surface area contributed by atoms with Crippen LogP contribution in [-0.2, 0) is 14.8 Å². The summed E-state index contributed by atoms with van der Waals surface area (Å²) in [5, 5.41) is 0. The number of sulfonamides is 1. The fourth-order valence-corrected chi connectivity index (χ4v) is 2.95. The van der Waals surface area contributed by atoms with Gasteiger partial charge >= 0.3 is 5.97 Å². The first-order chi connectivity index (χ1) is 9.42. The van der Waals surface area contributed by atoms with Gasteiger partial charge in [0.1, 0.15) is 0 Å². The average molecular weight is 300 g/mol. The molecule has 7 heteroatoms. The Morgan fingerprint density at radius 3 is 2.65 bits per heavy atom. The van der Waals surface area contributed by atoms with Gasteiger partial charge in [-0.25, -0.2) is 17.9 Å². The van der Waals surface area contributed by atoms with E-state index in [0.717, 1.165) is 12.0 Å². The minimum absolute atomic E-state index is 0.0406. The van der Waals surface area contributed by atoms with Crippen LogP contribution in [0.3, 0.4) is 0 Å². The average Bonchev–Trinajstić information content (AvgIpc) is 2.42. The molecule has 1 rings (SSSR count). The van der Waals surface area contributed by atoms with Gasteiger partial charge in [0.05, 0.1) is 17.6 Å². The minimum Gasteiger partial charge on any atom is -0.465 e. The molecule has 0 radical (unpaired) electrons. The molecule has 0 saturated carbocycles. The van der Waals surface area contributed by atoms with E-state index in [0.29, 0.717) is 13.0 Å². The van der Waals surface area contributed by atoms with E-state index < -0.39 is 16.0 Å². The van der Waals surface area contributed by atoms with Crippen LogP contribution in [0, 0.1) is 6.92 Å². The summed E-state index contributed by atoms with van der Waals surface area (Å²) in [6.07, 6.45) is 1.38. The number of aryl methyl sites for hydroxylation is 1. The van der Waals surface area contributed by atoms with Gasteiger partial charge in [0.25, 0.3) is 0 Å². The molecule has 0 fully saturated rings. The Balaban J connectivity index is 3.02. The van der Waals surface area contributed by atoms with E-state index in [9.17, 15) is 13.2 Å². The van der Waals surface area contributed by atoms with Crippen LogP contribution >= 0.6 is 0 Å². The van der Waals surface area contributed by atoms with Crippen LogP contribution in [0.4, 0.5) is 0 Å². The molecule has 112 valence electrons. The molecule has 3 N–H and O–H groups in total. The van der Waals surface area contributed by atoms with E-state index in [2.05, 4.69) is 9.46 Å². The molecular formula is C13H20N2O4S. The first-order valence-corrected chi connectivity index (χ1v) is 7.79. The summed E-state index contributed by atoms with van der Waals surface area (Å²) in [5.74, 6) is -0.670. The summed E-state index contributed by atoms with van der Waals surface area (Å²) in [6.45, 7) is 2.57. The van der Waals surface area contributed by atoms with Crippen molar-refractivity contribution in [2.45, 2.75) is 24.7 Å². The first-order valence-electron chi connectivity index (χ1n) is 6.31. The zero-order chi connectivity index (χ0) is 15.2. The van der Waals surface area contributed by atoms with Gasteiger partial charge in [-0.3, -0.25) is 0 Å². The number of unbranched alkanes of at least 4 members (excludes halogenated alkanes) is 1. The minimum atomic E-state index is -3.73. The topological polar surface area (TPSA) is 98.5 Å². The molecule has 0 amide bonds. The molecule has 6 nitrogen and oxygen atoms in total. The van der Waals surface area contributed by atoms with E-state index in [1.807, 2.05) is 0 Å². The van der Waals surface area contributed by atoms with Crippen LogP contribution in [-0.4, -0.2) is 34.6 Å². The Morgan fingerprint density at radius 1 is 1.35 bits per heavy atom. The lowest BCUT2D eigenvalue weighted by atomic mass is 10.1. The van der Waals surface area contributed by atoms with Crippen molar-refractivity contribution in [2.24, 2.45) is 5.73 Å². The normalized spacial score (nSPS) is 11.3. The molecule has 0 spiro atoms. The maximum Gasteiger partial charge on any atom is 0.339 e. The zero-order valence-electron chi connectivity index (χ0n) is 11.7. The lowest BCUT2D eigenvalue weighted by Crippen LogP contribution is -2.27. The number of carbonyl (C=O) groups is 1. The Bertz CT molecular complexity index is 570. The number of benzene rings is 1. The fraction of sp³-hybridized carbons (Fsp3) is 0.462. The van der Waals surface area contributed by atoms with Crippen molar-refractivity contribution < 1.29 is 17.9 Å². The highest BCUT2D eigenvalue weighted by Gasteiger charge is 2.22. The molecule has 0 atom stereocenters. The summed E-state index contributed by atoms with van der Waals surface area (Å²) >= 11 is 0. The molecule has 0 aromatic heterocycles. The molecule has 0 aliphatic carbocycles. The molecule has 20 heavy (non-hydrogen) atoms. The van der Waals surface area contributed by atoms with Gasteiger partial charge in [0.15, 0.2) is 0 Å². The van der Waals surface area contributed by atoms with Crippen LogP contribution in [0.1, 0.15) is 28.8 Å². The van der Waals surface area contributed by atoms with Crippen LogP contribution < -0.4 is 10.5 Å². The highest BCUT2D eigenvalue weighted by molar-refractivity contribution is 7.89. The van der Waals surface area contributed by atoms with E-state index in [1.165, 1.54) is 19.2 Å². The second kappa shape index (κ2) is 7.37. The van der Waals surface area contributed by atoms with Gasteiger partial charge in [0.2, 0.25) is 10.0 Å². The third-order valence-corrected chi connectivity index (χ3v) is 4.27. The second-order valence-electron chi connectivity index (χ2n) is 4.38. The monoisotopic (exact) mass is 300 g/mol. The highest BCUT2D eigenvalue weighted by atomic mass is 32.2. The standard InChI is InChI=1S/C13H20N2O4S/c1-10-5-6-12(11(9-10)13(16)19-2)20(17,18)15-8-4-3-7-14/h5-6,9,15H,3-4,7-8,14H2,1-2H3. The third-order valence-electron chi connectivity index (χ3n) is 2.75. The number of hydrogen-bond donors (Lipinski definition) is 2. The summed E-state index contributed by atoms with van der Waals surface area (Å²) in [4.78, 5) is 11.6. The summed E-state index contributed by atoms with van der Waals surface area (Å²) in [5.41, 5.74) is 6.17. The quantitative estimate of drug-likeness (QED) is 0.573. The van der Waals surface area contributed by atoms with Crippen LogP contribution in [0.2, 0.25) is 0 Å². The second-order valence-corrected chi connectivity index (χ2v) is 6.12. The van der Waals surface area contributed by atoms with E-state index in [1.54, 1.807) is 13.0 Å². The number of hydrogen-bond acceptors (Lipinski definition) is 5. The summed E-state index contributed by atoms with van der Waals surface area (Å²) in [6, 6.07) is 4.55. The molecule has 0 bridgehead atoms. The molecule has 1 aromatic rings. The Morgan fingerprint density at radius 2 is 2.05 bits per heavy atom. The SMILES string of the molecule is COC(=O)c1cc(C)ccc1S(=O)(=O)NCCCCN. The van der Waals surface area contributed by atoms with Gasteiger partial charge in [-0.15, -0.1) is 0 Å². The maximum absolute atomic E-state index is 12.2. The van der Waals surface area contributed by atoms with Crippen LogP contribution in [0.15, 0.2) is 23.1 Å². The molecule has 0 aliphatic heterocycles. The summed E-state index contributed by atoms with van der Waals surface area (Å²) < 4.78 is 31.5. The van der Waals surface area contributed by atoms with E-state index in [-0.39, 0.29) is 17.0 Å². The Labute approximate surface area is 119 Å². The molecule has 0 unspecified atom stereocenters. The predicted octanol–water partition coefficient (Wildman–Crippen LogP) is 0.799. The van der Waals surface area contributed by atoms with Crippen molar-refractivity contribution >= 4 is 16.0 Å². The van der Waals surface area contributed by atoms with Crippen molar-refractivity contribution in [1.82, 2.24) is 4.72 Å². The number of esters is 1. The number of carbonyl (C=O) groups excluding carboxylic acids is 1. The van der Waals surface area contributed by atoms with Gasteiger partial charge in [-0.2, -0.15) is 0 Å². The number of methoxy groups -OCH3 is 1. The zero-order valence-corrected chi connectivity index (χ0v) is 12.5. The van der Waals surface area contributed by atoms with Crippen molar-refractivity contribution in [2.75, 3.05) is 20.2 Å². The third kappa shape index (κ3) is 4.29. The number of nitrogens with two attached hydrogens (primary N) is 1.